The van der Waals surface area contributed by atoms with Crippen LogP contribution in [-0.4, -0.2) is 16.9 Å². The molecule has 2 rings (SSSR count). The summed E-state index contributed by atoms with van der Waals surface area (Å²) >= 11 is 13.8. The third-order valence-corrected chi connectivity index (χ3v) is 3.78. The molecule has 1 unspecified atom stereocenters. The maximum atomic E-state index is 6.26. The van der Waals surface area contributed by atoms with Gasteiger partial charge in [0.25, 0.3) is 0 Å². The summed E-state index contributed by atoms with van der Waals surface area (Å²) in [5.74, 6) is 0. The van der Waals surface area contributed by atoms with E-state index < -0.39 is 0 Å². The Morgan fingerprint density at radius 2 is 2.12 bits per heavy atom. The summed E-state index contributed by atoms with van der Waals surface area (Å²) in [6.45, 7) is 2.03. The van der Waals surface area contributed by atoms with Crippen molar-refractivity contribution >= 4 is 45.8 Å². The van der Waals surface area contributed by atoms with Gasteiger partial charge in [-0.1, -0.05) is 35.3 Å². The maximum Gasteiger partial charge on any atom is 0.174 e. The highest BCUT2D eigenvalue weighted by molar-refractivity contribution is 7.99. The first-order chi connectivity index (χ1) is 8.13. The van der Waals surface area contributed by atoms with Crippen molar-refractivity contribution in [3.63, 3.8) is 0 Å². The van der Waals surface area contributed by atoms with Gasteiger partial charge in [0.1, 0.15) is 5.17 Å². The van der Waals surface area contributed by atoms with Crippen LogP contribution in [0.4, 0.5) is 5.69 Å². The van der Waals surface area contributed by atoms with E-state index >= 15 is 0 Å². The van der Waals surface area contributed by atoms with E-state index in [0.29, 0.717) is 5.17 Å². The minimum atomic E-state index is -0.0638. The van der Waals surface area contributed by atoms with Crippen LogP contribution in [0.25, 0.3) is 0 Å². The topological polar surface area (TPSA) is 15.6 Å². The second-order valence-electron chi connectivity index (χ2n) is 3.64. The van der Waals surface area contributed by atoms with Crippen LogP contribution in [0.2, 0.25) is 5.02 Å². The fraction of sp³-hybridized carbons (Fsp3) is 0.250. The molecule has 0 radical (unpaired) electrons. The summed E-state index contributed by atoms with van der Waals surface area (Å²) in [6.07, 6.45) is 5.69. The van der Waals surface area contributed by atoms with Gasteiger partial charge in [-0.2, -0.15) is 0 Å². The third-order valence-electron chi connectivity index (χ3n) is 2.50. The minimum absolute atomic E-state index is 0.0638. The summed E-state index contributed by atoms with van der Waals surface area (Å²) in [5, 5.41) is 1.24. The number of para-hydroxylation sites is 1. The molecule has 1 aromatic carbocycles. The molecule has 0 aromatic heterocycles. The Morgan fingerprint density at radius 1 is 1.35 bits per heavy atom. The van der Waals surface area contributed by atoms with Crippen molar-refractivity contribution in [3.05, 3.63) is 41.1 Å². The van der Waals surface area contributed by atoms with Gasteiger partial charge in [0, 0.05) is 6.20 Å². The third kappa shape index (κ3) is 2.62. The summed E-state index contributed by atoms with van der Waals surface area (Å²) in [4.78, 5) is 6.40. The smallest absolute Gasteiger partial charge is 0.174 e. The maximum absolute atomic E-state index is 6.26. The molecule has 1 atom stereocenters. The lowest BCUT2D eigenvalue weighted by atomic mass is 10.2. The highest BCUT2D eigenvalue weighted by atomic mass is 35.5. The molecule has 0 aliphatic carbocycles. The molecule has 0 fully saturated rings. The van der Waals surface area contributed by atoms with Crippen molar-refractivity contribution in [2.24, 2.45) is 4.99 Å². The fourth-order valence-electron chi connectivity index (χ4n) is 1.73. The highest BCUT2D eigenvalue weighted by Crippen LogP contribution is 2.35. The zero-order valence-corrected chi connectivity index (χ0v) is 11.9. The lowest BCUT2D eigenvalue weighted by molar-refractivity contribution is 0.901. The summed E-state index contributed by atoms with van der Waals surface area (Å²) < 4.78 is 0. The molecular weight excluding hydrogens is 275 g/mol. The largest absolute Gasteiger partial charge is 0.315 e. The van der Waals surface area contributed by atoms with Gasteiger partial charge in [-0.05, 0) is 30.9 Å². The van der Waals surface area contributed by atoms with Gasteiger partial charge in [0.2, 0.25) is 0 Å². The number of halogens is 2. The van der Waals surface area contributed by atoms with Gasteiger partial charge in [0.05, 0.1) is 10.7 Å². The predicted molar refractivity (Wildman–Crippen MR) is 78.4 cm³/mol. The molecule has 0 saturated heterocycles. The average Bonchev–Trinajstić information content (AvgIpc) is 2.30. The fourth-order valence-corrected chi connectivity index (χ4v) is 2.88. The molecule has 5 heteroatoms. The molecule has 0 amide bonds. The molecule has 1 aliphatic heterocycles. The van der Waals surface area contributed by atoms with Crippen molar-refractivity contribution in [2.75, 3.05) is 11.2 Å². The monoisotopic (exact) mass is 286 g/mol. The molecular formula is C12H12Cl2N2S. The SMILES string of the molecule is CSC1N=C(Cl)C=CN1c1c(C)cccc1Cl. The standard InChI is InChI=1S/C12H12Cl2N2S/c1-8-4-3-5-9(13)11(8)16-7-6-10(14)15-12(16)17-2/h3-7,12H,1-2H3. The number of allylic oxidation sites excluding steroid dienone is 1. The average molecular weight is 287 g/mol. The van der Waals surface area contributed by atoms with Crippen LogP contribution >= 0.6 is 35.0 Å². The normalized spacial score (nSPS) is 19.4. The van der Waals surface area contributed by atoms with E-state index in [1.165, 1.54) is 0 Å². The minimum Gasteiger partial charge on any atom is -0.315 e. The number of hydrogen-bond donors (Lipinski definition) is 0. The molecule has 17 heavy (non-hydrogen) atoms. The van der Waals surface area contributed by atoms with E-state index in [1.54, 1.807) is 17.8 Å². The van der Waals surface area contributed by atoms with E-state index in [1.807, 2.05) is 42.5 Å². The Labute approximate surface area is 115 Å². The van der Waals surface area contributed by atoms with Gasteiger partial charge in [-0.3, -0.25) is 0 Å². The first-order valence-corrected chi connectivity index (χ1v) is 7.15. The molecule has 1 heterocycles. The van der Waals surface area contributed by atoms with Gasteiger partial charge in [-0.15, -0.1) is 11.8 Å². The van der Waals surface area contributed by atoms with E-state index in [2.05, 4.69) is 4.99 Å². The second kappa shape index (κ2) is 5.34. The number of rotatable bonds is 2. The van der Waals surface area contributed by atoms with Crippen LogP contribution in [0, 0.1) is 6.92 Å². The van der Waals surface area contributed by atoms with Gasteiger partial charge in [-0.25, -0.2) is 4.99 Å². The van der Waals surface area contributed by atoms with Crippen molar-refractivity contribution in [1.82, 2.24) is 0 Å². The number of nitrogens with zero attached hydrogens (tertiary/aromatic N) is 2. The quantitative estimate of drug-likeness (QED) is 0.807. The van der Waals surface area contributed by atoms with Gasteiger partial charge in [0.15, 0.2) is 5.50 Å². The zero-order chi connectivity index (χ0) is 12.4. The molecule has 90 valence electrons. The number of aryl methyl sites for hydroxylation is 1. The van der Waals surface area contributed by atoms with Crippen LogP contribution in [0.1, 0.15) is 5.56 Å². The molecule has 0 bridgehead atoms. The van der Waals surface area contributed by atoms with Gasteiger partial charge >= 0.3 is 0 Å². The van der Waals surface area contributed by atoms with Crippen LogP contribution in [0.15, 0.2) is 35.5 Å². The van der Waals surface area contributed by atoms with Crippen LogP contribution < -0.4 is 4.90 Å². The van der Waals surface area contributed by atoms with E-state index in [9.17, 15) is 0 Å². The second-order valence-corrected chi connectivity index (χ2v) is 5.33. The number of aliphatic imine (C=N–C) groups is 1. The Kier molecular flexibility index (Phi) is 4.02. The first kappa shape index (κ1) is 12.8. The summed E-state index contributed by atoms with van der Waals surface area (Å²) in [6, 6.07) is 5.86. The molecule has 0 N–H and O–H groups in total. The molecule has 1 aliphatic rings. The zero-order valence-electron chi connectivity index (χ0n) is 9.52. The molecule has 2 nitrogen and oxygen atoms in total. The van der Waals surface area contributed by atoms with Crippen LogP contribution in [0.5, 0.6) is 0 Å². The van der Waals surface area contributed by atoms with Crippen molar-refractivity contribution in [2.45, 2.75) is 12.4 Å². The highest BCUT2D eigenvalue weighted by Gasteiger charge is 2.21. The Bertz CT molecular complexity index is 465. The number of anilines is 1. The number of benzene rings is 1. The summed E-state index contributed by atoms with van der Waals surface area (Å²) in [7, 11) is 0. The molecule has 1 aromatic rings. The van der Waals surface area contributed by atoms with E-state index in [4.69, 9.17) is 23.2 Å². The molecule has 0 saturated carbocycles. The van der Waals surface area contributed by atoms with Crippen molar-refractivity contribution in [1.29, 1.82) is 0 Å². The summed E-state index contributed by atoms with van der Waals surface area (Å²) in [5.41, 5.74) is 2.04. The molecule has 0 spiro atoms. The van der Waals surface area contributed by atoms with E-state index in [0.717, 1.165) is 16.3 Å². The lowest BCUT2D eigenvalue weighted by Crippen LogP contribution is -2.30. The van der Waals surface area contributed by atoms with Crippen molar-refractivity contribution in [3.8, 4) is 0 Å². The number of hydrogen-bond acceptors (Lipinski definition) is 3. The Morgan fingerprint density at radius 3 is 2.76 bits per heavy atom. The Hall–Kier alpha value is -0.640. The van der Waals surface area contributed by atoms with E-state index in [-0.39, 0.29) is 5.50 Å². The first-order valence-electron chi connectivity index (χ1n) is 5.11. The Balaban J connectivity index is 2.44. The van der Waals surface area contributed by atoms with Crippen LogP contribution in [-0.2, 0) is 0 Å². The van der Waals surface area contributed by atoms with Crippen molar-refractivity contribution < 1.29 is 0 Å². The van der Waals surface area contributed by atoms with Crippen LogP contribution in [0.3, 0.4) is 0 Å². The van der Waals surface area contributed by atoms with Gasteiger partial charge < -0.3 is 4.90 Å². The lowest BCUT2D eigenvalue weighted by Gasteiger charge is -2.30. The predicted octanol–water partition coefficient (Wildman–Crippen LogP) is 4.27. The number of thioether (sulfide) groups is 1.